The number of hydrogen-bond acceptors (Lipinski definition) is 2. The van der Waals surface area contributed by atoms with Crippen molar-refractivity contribution in [1.29, 1.82) is 0 Å². The Morgan fingerprint density at radius 1 is 0.913 bits per heavy atom. The molecular formula is C18H18BrNO2S. The Bertz CT molecular complexity index is 816. The van der Waals surface area contributed by atoms with Gasteiger partial charge in [-0.05, 0) is 37.5 Å². The summed E-state index contributed by atoms with van der Waals surface area (Å²) >= 11 is 3.55. The Morgan fingerprint density at radius 3 is 2.35 bits per heavy atom. The van der Waals surface area contributed by atoms with Crippen LogP contribution in [0.4, 0.5) is 0 Å². The Balaban J connectivity index is 2.10. The molecule has 2 aromatic rings. The topological polar surface area (TPSA) is 37.4 Å². The van der Waals surface area contributed by atoms with E-state index in [4.69, 9.17) is 0 Å². The van der Waals surface area contributed by atoms with Crippen molar-refractivity contribution in [2.75, 3.05) is 6.54 Å². The lowest BCUT2D eigenvalue weighted by atomic mass is 10.1. The summed E-state index contributed by atoms with van der Waals surface area (Å²) in [4.78, 5) is 0.333. The predicted molar refractivity (Wildman–Crippen MR) is 96.3 cm³/mol. The van der Waals surface area contributed by atoms with Crippen molar-refractivity contribution >= 4 is 31.7 Å². The molecule has 0 amide bonds. The first kappa shape index (κ1) is 16.3. The lowest BCUT2D eigenvalue weighted by Gasteiger charge is -2.26. The maximum Gasteiger partial charge on any atom is 0.264 e. The zero-order valence-electron chi connectivity index (χ0n) is 12.7. The summed E-state index contributed by atoms with van der Waals surface area (Å²) in [6.45, 7) is 0.504. The molecule has 0 bridgehead atoms. The monoisotopic (exact) mass is 391 g/mol. The first-order chi connectivity index (χ1) is 11.1. The van der Waals surface area contributed by atoms with E-state index < -0.39 is 10.0 Å². The molecule has 1 aliphatic rings. The van der Waals surface area contributed by atoms with Crippen molar-refractivity contribution in [2.45, 2.75) is 24.2 Å². The van der Waals surface area contributed by atoms with E-state index in [0.717, 1.165) is 35.0 Å². The molecule has 0 aliphatic carbocycles. The summed E-state index contributed by atoms with van der Waals surface area (Å²) in [5, 5.41) is 0. The van der Waals surface area contributed by atoms with Gasteiger partial charge in [0.2, 0.25) is 0 Å². The lowest BCUT2D eigenvalue weighted by molar-refractivity contribution is 0.502. The highest BCUT2D eigenvalue weighted by Gasteiger charge is 2.28. The number of benzene rings is 2. The molecule has 0 radical (unpaired) electrons. The second-order valence-electron chi connectivity index (χ2n) is 5.46. The van der Waals surface area contributed by atoms with Gasteiger partial charge in [-0.3, -0.25) is 4.31 Å². The van der Waals surface area contributed by atoms with Crippen molar-refractivity contribution in [2.24, 2.45) is 0 Å². The minimum absolute atomic E-state index is 0.333. The van der Waals surface area contributed by atoms with Crippen LogP contribution in [0.25, 0.3) is 5.70 Å². The van der Waals surface area contributed by atoms with Crippen LogP contribution in [0.3, 0.4) is 0 Å². The smallest absolute Gasteiger partial charge is 0.264 e. The van der Waals surface area contributed by atoms with E-state index in [-0.39, 0.29) is 0 Å². The summed E-state index contributed by atoms with van der Waals surface area (Å²) in [5.41, 5.74) is 1.67. The minimum atomic E-state index is -3.56. The summed E-state index contributed by atoms with van der Waals surface area (Å²) in [6.07, 6.45) is 4.77. The van der Waals surface area contributed by atoms with Crippen LogP contribution in [0.5, 0.6) is 0 Å². The second-order valence-corrected chi connectivity index (χ2v) is 8.17. The van der Waals surface area contributed by atoms with Crippen LogP contribution in [-0.4, -0.2) is 19.3 Å². The SMILES string of the molecule is O=S(=O)(c1ccccc1)N1CCCCC=C1c1ccccc1Br. The summed E-state index contributed by atoms with van der Waals surface area (Å²) in [7, 11) is -3.56. The zero-order chi connectivity index (χ0) is 16.3. The van der Waals surface area contributed by atoms with E-state index in [9.17, 15) is 8.42 Å². The van der Waals surface area contributed by atoms with Gasteiger partial charge in [-0.2, -0.15) is 0 Å². The van der Waals surface area contributed by atoms with Crippen molar-refractivity contribution in [3.05, 3.63) is 70.7 Å². The van der Waals surface area contributed by atoms with Gasteiger partial charge in [-0.25, -0.2) is 8.42 Å². The number of rotatable bonds is 3. The van der Waals surface area contributed by atoms with Crippen LogP contribution >= 0.6 is 15.9 Å². The van der Waals surface area contributed by atoms with Crippen LogP contribution in [0.2, 0.25) is 0 Å². The average molecular weight is 392 g/mol. The molecule has 0 spiro atoms. The third kappa shape index (κ3) is 3.35. The number of allylic oxidation sites excluding steroid dienone is 1. The highest BCUT2D eigenvalue weighted by molar-refractivity contribution is 9.10. The number of nitrogens with zero attached hydrogens (tertiary/aromatic N) is 1. The first-order valence-electron chi connectivity index (χ1n) is 7.63. The fourth-order valence-corrected chi connectivity index (χ4v) is 4.79. The van der Waals surface area contributed by atoms with Gasteiger partial charge < -0.3 is 0 Å². The van der Waals surface area contributed by atoms with Crippen LogP contribution in [0.15, 0.2) is 70.0 Å². The molecule has 1 heterocycles. The largest absolute Gasteiger partial charge is 0.266 e. The fraction of sp³-hybridized carbons (Fsp3) is 0.222. The van der Waals surface area contributed by atoms with E-state index in [1.54, 1.807) is 28.6 Å². The van der Waals surface area contributed by atoms with Crippen molar-refractivity contribution in [3.8, 4) is 0 Å². The molecule has 0 aromatic heterocycles. The number of hydrogen-bond donors (Lipinski definition) is 0. The van der Waals surface area contributed by atoms with Gasteiger partial charge in [0, 0.05) is 16.6 Å². The van der Waals surface area contributed by atoms with Gasteiger partial charge in [0.25, 0.3) is 10.0 Å². The molecular weight excluding hydrogens is 374 g/mol. The van der Waals surface area contributed by atoms with Crippen molar-refractivity contribution in [1.82, 2.24) is 4.31 Å². The average Bonchev–Trinajstić information content (AvgIpc) is 2.82. The molecule has 1 aliphatic heterocycles. The van der Waals surface area contributed by atoms with Gasteiger partial charge in [0.1, 0.15) is 0 Å². The van der Waals surface area contributed by atoms with Crippen LogP contribution in [0, 0.1) is 0 Å². The third-order valence-electron chi connectivity index (χ3n) is 3.90. The van der Waals surface area contributed by atoms with E-state index in [2.05, 4.69) is 15.9 Å². The van der Waals surface area contributed by atoms with Gasteiger partial charge in [-0.1, -0.05) is 58.4 Å². The highest BCUT2D eigenvalue weighted by Crippen LogP contribution is 2.33. The second kappa shape index (κ2) is 6.89. The van der Waals surface area contributed by atoms with Crippen LogP contribution < -0.4 is 0 Å². The molecule has 0 unspecified atom stereocenters. The molecule has 0 saturated carbocycles. The minimum Gasteiger partial charge on any atom is -0.266 e. The van der Waals surface area contributed by atoms with Crippen LogP contribution in [-0.2, 0) is 10.0 Å². The van der Waals surface area contributed by atoms with E-state index in [1.165, 1.54) is 0 Å². The van der Waals surface area contributed by atoms with Crippen molar-refractivity contribution < 1.29 is 8.42 Å². The van der Waals surface area contributed by atoms with Gasteiger partial charge in [0.05, 0.1) is 10.6 Å². The Kier molecular flexibility index (Phi) is 4.87. The van der Waals surface area contributed by atoms with Gasteiger partial charge in [-0.15, -0.1) is 0 Å². The quantitative estimate of drug-likeness (QED) is 0.762. The van der Waals surface area contributed by atoms with E-state index >= 15 is 0 Å². The molecule has 3 rings (SSSR count). The summed E-state index contributed by atoms with van der Waals surface area (Å²) < 4.78 is 28.7. The normalized spacial score (nSPS) is 15.9. The maximum atomic E-state index is 13.1. The van der Waals surface area contributed by atoms with Crippen molar-refractivity contribution in [3.63, 3.8) is 0 Å². The zero-order valence-corrected chi connectivity index (χ0v) is 15.1. The first-order valence-corrected chi connectivity index (χ1v) is 9.87. The molecule has 0 saturated heterocycles. The fourth-order valence-electron chi connectivity index (χ4n) is 2.74. The van der Waals surface area contributed by atoms with E-state index in [1.807, 2.05) is 36.4 Å². The molecule has 23 heavy (non-hydrogen) atoms. The molecule has 3 nitrogen and oxygen atoms in total. The Morgan fingerprint density at radius 2 is 1.61 bits per heavy atom. The third-order valence-corrected chi connectivity index (χ3v) is 6.42. The Hall–Kier alpha value is -1.59. The molecule has 120 valence electrons. The highest BCUT2D eigenvalue weighted by atomic mass is 79.9. The summed E-state index contributed by atoms with van der Waals surface area (Å²) in [5.74, 6) is 0. The molecule has 5 heteroatoms. The maximum absolute atomic E-state index is 13.1. The Labute approximate surface area is 145 Å². The van der Waals surface area contributed by atoms with Gasteiger partial charge >= 0.3 is 0 Å². The molecule has 2 aromatic carbocycles. The summed E-state index contributed by atoms with van der Waals surface area (Å²) in [6, 6.07) is 16.4. The lowest BCUT2D eigenvalue weighted by Crippen LogP contribution is -2.30. The number of halogens is 1. The van der Waals surface area contributed by atoms with Crippen LogP contribution in [0.1, 0.15) is 24.8 Å². The number of sulfonamides is 1. The predicted octanol–water partition coefficient (Wildman–Crippen LogP) is 4.66. The van der Waals surface area contributed by atoms with E-state index in [0.29, 0.717) is 11.4 Å². The van der Waals surface area contributed by atoms with Gasteiger partial charge in [0.15, 0.2) is 0 Å². The molecule has 0 fully saturated rings. The molecule has 0 atom stereocenters. The molecule has 0 N–H and O–H groups in total. The standard InChI is InChI=1S/C18H18BrNO2S/c19-17-12-7-6-11-16(17)18-13-5-2-8-14-20(18)23(21,22)15-9-3-1-4-10-15/h1,3-4,6-7,9-13H,2,5,8,14H2.